The highest BCUT2D eigenvalue weighted by atomic mass is 16.2. The molecular weight excluding hydrogens is 164 g/mol. The van der Waals surface area contributed by atoms with Gasteiger partial charge in [0.25, 0.3) is 0 Å². The highest BCUT2D eigenvalue weighted by Gasteiger charge is 2.24. The highest BCUT2D eigenvalue weighted by molar-refractivity contribution is 5.81. The van der Waals surface area contributed by atoms with Crippen LogP contribution in [0.25, 0.3) is 0 Å². The zero-order valence-electron chi connectivity index (χ0n) is 8.09. The van der Waals surface area contributed by atoms with Crippen LogP contribution in [0.5, 0.6) is 0 Å². The topological polar surface area (TPSA) is 32.3 Å². The number of carbonyl (C=O) groups is 1. The smallest absolute Gasteiger partial charge is 0.224 e. The summed E-state index contributed by atoms with van der Waals surface area (Å²) in [7, 11) is 0. The van der Waals surface area contributed by atoms with Gasteiger partial charge in [-0.3, -0.25) is 4.79 Å². The summed E-state index contributed by atoms with van der Waals surface area (Å²) in [4.78, 5) is 13.0. The fourth-order valence-corrected chi connectivity index (χ4v) is 2.08. The Bertz CT molecular complexity index is 187. The van der Waals surface area contributed by atoms with Crippen LogP contribution in [0.1, 0.15) is 32.1 Å². The number of likely N-dealkylation sites (tertiary alicyclic amines) is 1. The molecule has 0 aromatic heterocycles. The van der Waals surface area contributed by atoms with Crippen LogP contribution < -0.4 is 5.32 Å². The first-order chi connectivity index (χ1) is 6.36. The van der Waals surface area contributed by atoms with Crippen LogP contribution in [0.2, 0.25) is 0 Å². The summed E-state index contributed by atoms with van der Waals surface area (Å²) in [6, 6.07) is 0.669. The standard InChI is InChI=1S/C10H18N2O/c13-10-5-8-12(10)7-4-9-3-1-2-6-11-9/h9,11H,1-8H2. The van der Waals surface area contributed by atoms with Gasteiger partial charge in [0.05, 0.1) is 0 Å². The summed E-state index contributed by atoms with van der Waals surface area (Å²) in [5.74, 6) is 0.343. The maximum absolute atomic E-state index is 11.0. The molecule has 2 rings (SSSR count). The first kappa shape index (κ1) is 9.00. The number of nitrogens with zero attached hydrogens (tertiary/aromatic N) is 1. The molecule has 0 saturated carbocycles. The van der Waals surface area contributed by atoms with E-state index >= 15 is 0 Å². The molecule has 3 nitrogen and oxygen atoms in total. The minimum Gasteiger partial charge on any atom is -0.342 e. The van der Waals surface area contributed by atoms with E-state index in [9.17, 15) is 4.79 Å². The van der Waals surface area contributed by atoms with E-state index in [1.165, 1.54) is 25.8 Å². The van der Waals surface area contributed by atoms with Crippen LogP contribution in [-0.4, -0.2) is 36.5 Å². The molecule has 0 bridgehead atoms. The molecule has 2 saturated heterocycles. The molecule has 1 unspecified atom stereocenters. The van der Waals surface area contributed by atoms with Crippen LogP contribution in [0, 0.1) is 0 Å². The second-order valence-corrected chi connectivity index (χ2v) is 4.07. The quantitative estimate of drug-likeness (QED) is 0.653. The van der Waals surface area contributed by atoms with E-state index in [-0.39, 0.29) is 0 Å². The van der Waals surface area contributed by atoms with Gasteiger partial charge in [-0.05, 0) is 25.8 Å². The SMILES string of the molecule is O=C1CCN1CCC1CCCCN1. The second-order valence-electron chi connectivity index (χ2n) is 4.07. The van der Waals surface area contributed by atoms with Gasteiger partial charge in [0, 0.05) is 25.6 Å². The number of nitrogens with one attached hydrogen (secondary N) is 1. The number of rotatable bonds is 3. The highest BCUT2D eigenvalue weighted by Crippen LogP contribution is 2.14. The Morgan fingerprint density at radius 2 is 2.38 bits per heavy atom. The maximum atomic E-state index is 11.0. The summed E-state index contributed by atoms with van der Waals surface area (Å²) in [6.07, 6.45) is 5.89. The van der Waals surface area contributed by atoms with Gasteiger partial charge in [0.2, 0.25) is 5.91 Å². The fourth-order valence-electron chi connectivity index (χ4n) is 2.08. The molecule has 1 atom stereocenters. The average molecular weight is 182 g/mol. The Hall–Kier alpha value is -0.570. The van der Waals surface area contributed by atoms with Crippen molar-refractivity contribution in [3.8, 4) is 0 Å². The molecule has 0 spiro atoms. The molecule has 0 aromatic carbocycles. The predicted octanol–water partition coefficient (Wildman–Crippen LogP) is 0.751. The third-order valence-electron chi connectivity index (χ3n) is 3.11. The normalized spacial score (nSPS) is 28.8. The lowest BCUT2D eigenvalue weighted by Crippen LogP contribution is -2.46. The van der Waals surface area contributed by atoms with Gasteiger partial charge in [0.1, 0.15) is 0 Å². The van der Waals surface area contributed by atoms with Crippen molar-refractivity contribution in [3.63, 3.8) is 0 Å². The minimum atomic E-state index is 0.343. The third kappa shape index (κ3) is 2.21. The lowest BCUT2D eigenvalue weighted by atomic mass is 10.0. The molecule has 0 aromatic rings. The van der Waals surface area contributed by atoms with Crippen molar-refractivity contribution >= 4 is 5.91 Å². The molecule has 0 radical (unpaired) electrons. The van der Waals surface area contributed by atoms with Crippen LogP contribution in [-0.2, 0) is 4.79 Å². The van der Waals surface area contributed by atoms with E-state index in [4.69, 9.17) is 0 Å². The van der Waals surface area contributed by atoms with Gasteiger partial charge < -0.3 is 10.2 Å². The molecule has 13 heavy (non-hydrogen) atoms. The Balaban J connectivity index is 1.63. The Labute approximate surface area is 79.5 Å². The van der Waals surface area contributed by atoms with Gasteiger partial charge in [-0.1, -0.05) is 6.42 Å². The van der Waals surface area contributed by atoms with Gasteiger partial charge in [-0.15, -0.1) is 0 Å². The third-order valence-corrected chi connectivity index (χ3v) is 3.11. The Morgan fingerprint density at radius 1 is 1.46 bits per heavy atom. The Kier molecular flexibility index (Phi) is 2.83. The van der Waals surface area contributed by atoms with Crippen molar-refractivity contribution in [1.29, 1.82) is 0 Å². The van der Waals surface area contributed by atoms with Crippen LogP contribution in [0.15, 0.2) is 0 Å². The maximum Gasteiger partial charge on any atom is 0.224 e. The van der Waals surface area contributed by atoms with Crippen molar-refractivity contribution in [2.45, 2.75) is 38.1 Å². The van der Waals surface area contributed by atoms with Crippen molar-refractivity contribution in [2.75, 3.05) is 19.6 Å². The molecule has 2 fully saturated rings. The minimum absolute atomic E-state index is 0.343. The van der Waals surface area contributed by atoms with Crippen molar-refractivity contribution in [1.82, 2.24) is 10.2 Å². The first-order valence-electron chi connectivity index (χ1n) is 5.37. The van der Waals surface area contributed by atoms with E-state index in [1.54, 1.807) is 0 Å². The van der Waals surface area contributed by atoms with Gasteiger partial charge in [0.15, 0.2) is 0 Å². The molecule has 1 amide bonds. The van der Waals surface area contributed by atoms with Gasteiger partial charge in [-0.2, -0.15) is 0 Å². The number of hydrogen-bond donors (Lipinski definition) is 1. The number of hydrogen-bond acceptors (Lipinski definition) is 2. The zero-order valence-corrected chi connectivity index (χ0v) is 8.09. The number of β-lactam (4-membered cyclic amide) rings is 1. The predicted molar refractivity (Wildman–Crippen MR) is 51.5 cm³/mol. The average Bonchev–Trinajstić information content (AvgIpc) is 2.17. The van der Waals surface area contributed by atoms with Crippen LogP contribution >= 0.6 is 0 Å². The molecule has 1 N–H and O–H groups in total. The van der Waals surface area contributed by atoms with Crippen molar-refractivity contribution in [2.24, 2.45) is 0 Å². The first-order valence-corrected chi connectivity index (χ1v) is 5.37. The summed E-state index contributed by atoms with van der Waals surface area (Å²) >= 11 is 0. The molecule has 2 heterocycles. The number of carbonyl (C=O) groups excluding carboxylic acids is 1. The molecular formula is C10H18N2O. The second kappa shape index (κ2) is 4.09. The van der Waals surface area contributed by atoms with E-state index in [0.717, 1.165) is 25.9 Å². The van der Waals surface area contributed by atoms with E-state index in [2.05, 4.69) is 5.32 Å². The molecule has 2 aliphatic rings. The van der Waals surface area contributed by atoms with Crippen molar-refractivity contribution in [3.05, 3.63) is 0 Å². The van der Waals surface area contributed by atoms with E-state index < -0.39 is 0 Å². The number of amides is 1. The van der Waals surface area contributed by atoms with E-state index in [0.29, 0.717) is 11.9 Å². The number of piperidine rings is 1. The fraction of sp³-hybridized carbons (Fsp3) is 0.900. The summed E-state index contributed by atoms with van der Waals surface area (Å²) in [6.45, 7) is 3.13. The lowest BCUT2D eigenvalue weighted by Gasteiger charge is -2.33. The molecule has 74 valence electrons. The monoisotopic (exact) mass is 182 g/mol. The molecule has 3 heteroatoms. The van der Waals surface area contributed by atoms with Crippen molar-refractivity contribution < 1.29 is 4.79 Å². The van der Waals surface area contributed by atoms with Gasteiger partial charge >= 0.3 is 0 Å². The largest absolute Gasteiger partial charge is 0.342 e. The zero-order chi connectivity index (χ0) is 9.10. The molecule has 0 aliphatic carbocycles. The Morgan fingerprint density at radius 3 is 2.92 bits per heavy atom. The summed E-state index contributed by atoms with van der Waals surface area (Å²) in [5, 5.41) is 3.50. The van der Waals surface area contributed by atoms with Gasteiger partial charge in [-0.25, -0.2) is 0 Å². The summed E-state index contributed by atoms with van der Waals surface area (Å²) < 4.78 is 0. The molecule has 2 aliphatic heterocycles. The summed E-state index contributed by atoms with van der Waals surface area (Å²) in [5.41, 5.74) is 0. The van der Waals surface area contributed by atoms with Crippen LogP contribution in [0.3, 0.4) is 0 Å². The van der Waals surface area contributed by atoms with E-state index in [1.807, 2.05) is 4.90 Å². The lowest BCUT2D eigenvalue weighted by molar-refractivity contribution is -0.139. The van der Waals surface area contributed by atoms with Crippen LogP contribution in [0.4, 0.5) is 0 Å².